The standard InChI is InChI=1S/C39H48N4O8/c1-38(2,3)51-37(49)40-30-16-12-7-5-6-11-15-27-20-39(27,36(47)48)41-33(44)32-29-23-42(21-26(29)22-43(32)35(30)46)34(45)25-17-18-31(50-4)28(19-25)24-13-9-8-10-14-24/h8-11,13-15,17-19,26-27,29-30,32H,5-7,12,16,20-23H2,1-4H3,(H,40,49)(H,41,44)(H,47,48)/b15-11-/t26-,27+,29-,30+,32-,39+/m0/s1. The number of carboxylic acid groups (broad SMARTS) is 1. The molecule has 2 aromatic rings. The number of likely N-dealkylation sites (tertiary alicyclic amines) is 1. The molecule has 3 N–H and O–H groups in total. The Kier molecular flexibility index (Phi) is 10.1. The van der Waals surface area contributed by atoms with Crippen LogP contribution in [0.15, 0.2) is 60.7 Å². The van der Waals surface area contributed by atoms with Crippen molar-refractivity contribution < 1.29 is 38.6 Å². The predicted molar refractivity (Wildman–Crippen MR) is 189 cm³/mol. The first-order chi connectivity index (χ1) is 24.3. The van der Waals surface area contributed by atoms with Crippen LogP contribution in [0.5, 0.6) is 5.75 Å². The van der Waals surface area contributed by atoms with E-state index in [1.165, 1.54) is 4.90 Å². The highest BCUT2D eigenvalue weighted by atomic mass is 16.6. The van der Waals surface area contributed by atoms with Crippen molar-refractivity contribution in [3.05, 3.63) is 66.2 Å². The van der Waals surface area contributed by atoms with E-state index in [1.807, 2.05) is 48.6 Å². The van der Waals surface area contributed by atoms with E-state index in [2.05, 4.69) is 10.6 Å². The summed E-state index contributed by atoms with van der Waals surface area (Å²) in [6.45, 7) is 5.91. The van der Waals surface area contributed by atoms with Gasteiger partial charge >= 0.3 is 12.1 Å². The quantitative estimate of drug-likeness (QED) is 0.382. The average Bonchev–Trinajstić information content (AvgIpc) is 3.44. The summed E-state index contributed by atoms with van der Waals surface area (Å²) in [6.07, 6.45) is 6.77. The smallest absolute Gasteiger partial charge is 0.408 e. The highest BCUT2D eigenvalue weighted by Gasteiger charge is 2.62. The highest BCUT2D eigenvalue weighted by Crippen LogP contribution is 2.46. The number of hydrogen-bond donors (Lipinski definition) is 3. The Labute approximate surface area is 298 Å². The molecule has 0 spiro atoms. The van der Waals surface area contributed by atoms with E-state index in [4.69, 9.17) is 9.47 Å². The van der Waals surface area contributed by atoms with Gasteiger partial charge in [0, 0.05) is 48.5 Å². The zero-order valence-corrected chi connectivity index (χ0v) is 29.7. The number of methoxy groups -OCH3 is 1. The molecule has 0 radical (unpaired) electrons. The molecule has 3 heterocycles. The lowest BCUT2D eigenvalue weighted by molar-refractivity contribution is -0.146. The van der Waals surface area contributed by atoms with Crippen molar-refractivity contribution in [3.8, 4) is 16.9 Å². The summed E-state index contributed by atoms with van der Waals surface area (Å²) in [6, 6.07) is 13.0. The largest absolute Gasteiger partial charge is 0.496 e. The summed E-state index contributed by atoms with van der Waals surface area (Å²) < 4.78 is 11.1. The van der Waals surface area contributed by atoms with Crippen LogP contribution in [0.3, 0.4) is 0 Å². The van der Waals surface area contributed by atoms with Gasteiger partial charge in [-0.1, -0.05) is 55.3 Å². The van der Waals surface area contributed by atoms with Crippen LogP contribution in [-0.4, -0.2) is 94.7 Å². The first-order valence-corrected chi connectivity index (χ1v) is 17.9. The molecule has 3 aliphatic heterocycles. The van der Waals surface area contributed by atoms with Gasteiger partial charge < -0.3 is 35.0 Å². The summed E-state index contributed by atoms with van der Waals surface area (Å²) in [5, 5.41) is 15.8. The SMILES string of the molecule is COc1ccc(C(=O)N2C[C@H]3CN4C(=O)[C@H](NC(=O)OC(C)(C)C)CCCCC/C=C\[C@@H]5C[C@@]5(C(=O)O)NC(=O)[C@@H]4[C@H]3C2)cc1-c1ccccc1. The van der Waals surface area contributed by atoms with Crippen LogP contribution >= 0.6 is 0 Å². The molecular formula is C39H48N4O8. The van der Waals surface area contributed by atoms with Gasteiger partial charge in [0.15, 0.2) is 0 Å². The van der Waals surface area contributed by atoms with Crippen molar-refractivity contribution >= 4 is 29.8 Å². The Morgan fingerprint density at radius 1 is 1.00 bits per heavy atom. The van der Waals surface area contributed by atoms with Crippen molar-refractivity contribution in [2.45, 2.75) is 82.5 Å². The number of benzene rings is 2. The molecular weight excluding hydrogens is 652 g/mol. The lowest BCUT2D eigenvalue weighted by Gasteiger charge is -2.33. The predicted octanol–water partition coefficient (Wildman–Crippen LogP) is 4.63. The second kappa shape index (κ2) is 14.4. The van der Waals surface area contributed by atoms with Gasteiger partial charge in [0.25, 0.3) is 5.91 Å². The summed E-state index contributed by atoms with van der Waals surface area (Å²) in [5.41, 5.74) is -0.0940. The van der Waals surface area contributed by atoms with Gasteiger partial charge in [0.1, 0.15) is 29.0 Å². The molecule has 2 saturated heterocycles. The molecule has 12 heteroatoms. The number of carboxylic acids is 1. The van der Waals surface area contributed by atoms with Crippen LogP contribution in [-0.2, 0) is 19.1 Å². The summed E-state index contributed by atoms with van der Waals surface area (Å²) in [7, 11) is 1.58. The summed E-state index contributed by atoms with van der Waals surface area (Å²) in [4.78, 5) is 71.3. The Morgan fingerprint density at radius 3 is 2.47 bits per heavy atom. The average molecular weight is 701 g/mol. The van der Waals surface area contributed by atoms with E-state index in [1.54, 1.807) is 44.9 Å². The van der Waals surface area contributed by atoms with E-state index < -0.39 is 53.0 Å². The Hall–Kier alpha value is -4.87. The Bertz CT molecular complexity index is 1700. The van der Waals surface area contributed by atoms with Gasteiger partial charge in [0.05, 0.1) is 7.11 Å². The number of alkyl carbamates (subject to hydrolysis) is 1. The van der Waals surface area contributed by atoms with E-state index in [9.17, 15) is 29.1 Å². The number of ether oxygens (including phenoxy) is 2. The number of allylic oxidation sites excluding steroid dienone is 1. The number of carbonyl (C=O) groups excluding carboxylic acids is 4. The first kappa shape index (κ1) is 35.9. The molecule has 6 rings (SSSR count). The fourth-order valence-electron chi connectivity index (χ4n) is 7.85. The molecule has 0 aromatic heterocycles. The molecule has 3 fully saturated rings. The summed E-state index contributed by atoms with van der Waals surface area (Å²) >= 11 is 0. The van der Waals surface area contributed by atoms with Crippen LogP contribution in [0.25, 0.3) is 11.1 Å². The molecule has 4 aliphatic rings. The molecule has 2 aromatic carbocycles. The molecule has 51 heavy (non-hydrogen) atoms. The molecule has 0 unspecified atom stereocenters. The highest BCUT2D eigenvalue weighted by molar-refractivity contribution is 5.98. The number of carbonyl (C=O) groups is 5. The van der Waals surface area contributed by atoms with Gasteiger partial charge in [-0.3, -0.25) is 14.4 Å². The van der Waals surface area contributed by atoms with Crippen molar-refractivity contribution in [1.29, 1.82) is 0 Å². The number of aliphatic carboxylic acids is 1. The van der Waals surface area contributed by atoms with Gasteiger partial charge in [-0.2, -0.15) is 0 Å². The minimum Gasteiger partial charge on any atom is -0.496 e. The van der Waals surface area contributed by atoms with Gasteiger partial charge in [-0.15, -0.1) is 0 Å². The molecule has 6 atom stereocenters. The van der Waals surface area contributed by atoms with Crippen molar-refractivity contribution in [2.24, 2.45) is 17.8 Å². The second-order valence-corrected chi connectivity index (χ2v) is 15.2. The maximum absolute atomic E-state index is 14.4. The van der Waals surface area contributed by atoms with E-state index in [0.29, 0.717) is 30.7 Å². The first-order valence-electron chi connectivity index (χ1n) is 17.9. The van der Waals surface area contributed by atoms with Crippen LogP contribution in [0.1, 0.15) is 69.7 Å². The van der Waals surface area contributed by atoms with Crippen LogP contribution in [0.4, 0.5) is 4.79 Å². The topological polar surface area (TPSA) is 155 Å². The van der Waals surface area contributed by atoms with E-state index >= 15 is 0 Å². The fourth-order valence-corrected chi connectivity index (χ4v) is 7.85. The molecule has 0 bridgehead atoms. The minimum atomic E-state index is -1.46. The molecule has 12 nitrogen and oxygen atoms in total. The van der Waals surface area contributed by atoms with Gasteiger partial charge in [0.2, 0.25) is 11.8 Å². The summed E-state index contributed by atoms with van der Waals surface area (Å²) in [5.74, 6) is -2.72. The van der Waals surface area contributed by atoms with Gasteiger partial charge in [-0.25, -0.2) is 9.59 Å². The lowest BCUT2D eigenvalue weighted by Crippen LogP contribution is -2.58. The third-order valence-electron chi connectivity index (χ3n) is 10.5. The van der Waals surface area contributed by atoms with Crippen molar-refractivity contribution in [1.82, 2.24) is 20.4 Å². The Morgan fingerprint density at radius 2 is 1.76 bits per heavy atom. The van der Waals surface area contributed by atoms with Crippen LogP contribution < -0.4 is 15.4 Å². The number of fused-ring (bicyclic) bond motifs is 4. The number of amides is 4. The maximum atomic E-state index is 14.4. The molecule has 1 aliphatic carbocycles. The Balaban J connectivity index is 1.29. The number of hydrogen-bond acceptors (Lipinski definition) is 7. The van der Waals surface area contributed by atoms with Crippen LogP contribution in [0, 0.1) is 17.8 Å². The third-order valence-corrected chi connectivity index (χ3v) is 10.5. The van der Waals surface area contributed by atoms with Crippen molar-refractivity contribution in [2.75, 3.05) is 26.7 Å². The fraction of sp³-hybridized carbons (Fsp3) is 0.513. The lowest BCUT2D eigenvalue weighted by atomic mass is 9.93. The number of nitrogens with one attached hydrogen (secondary N) is 2. The minimum absolute atomic E-state index is 0.180. The third kappa shape index (κ3) is 7.60. The van der Waals surface area contributed by atoms with E-state index in [-0.39, 0.29) is 37.3 Å². The molecule has 4 amide bonds. The zero-order chi connectivity index (χ0) is 36.5. The van der Waals surface area contributed by atoms with Gasteiger partial charge in [-0.05, 0) is 70.2 Å². The maximum Gasteiger partial charge on any atom is 0.408 e. The van der Waals surface area contributed by atoms with Crippen LogP contribution in [0.2, 0.25) is 0 Å². The van der Waals surface area contributed by atoms with E-state index in [0.717, 1.165) is 30.4 Å². The molecule has 272 valence electrons. The molecule has 1 saturated carbocycles. The monoisotopic (exact) mass is 700 g/mol. The number of rotatable bonds is 5. The normalized spacial score (nSPS) is 28.6. The number of nitrogens with zero attached hydrogens (tertiary/aromatic N) is 2. The second-order valence-electron chi connectivity index (χ2n) is 15.2. The van der Waals surface area contributed by atoms with Crippen molar-refractivity contribution in [3.63, 3.8) is 0 Å². The zero-order valence-electron chi connectivity index (χ0n) is 29.7.